The standard InChI is InChI=1S/C21H26N4O.C2H6S/c1-15-16(2)23-10-7-20(15)25-11-8-18(9-12-25)21(26)24-14-17-5-4-6-19(13-17)22-3;1-3-2/h4-7,10,13,18,22H,1-2,8-9,11-12,14H2,3H3,(H,24,26);1-2H3. The molecule has 1 saturated heterocycles. The highest BCUT2D eigenvalue weighted by atomic mass is 32.2. The van der Waals surface area contributed by atoms with Crippen LogP contribution in [-0.2, 0) is 11.3 Å². The second-order valence-electron chi connectivity index (χ2n) is 7.09. The molecule has 0 atom stereocenters. The van der Waals surface area contributed by atoms with E-state index in [0.29, 0.717) is 11.9 Å². The fourth-order valence-corrected chi connectivity index (χ4v) is 3.37. The summed E-state index contributed by atoms with van der Waals surface area (Å²) >= 11 is 1.75. The van der Waals surface area contributed by atoms with Gasteiger partial charge in [-0.3, -0.25) is 9.78 Å². The first-order chi connectivity index (χ1) is 14.0. The van der Waals surface area contributed by atoms with E-state index in [1.54, 1.807) is 18.0 Å². The highest BCUT2D eigenvalue weighted by Crippen LogP contribution is 2.21. The van der Waals surface area contributed by atoms with E-state index in [2.05, 4.69) is 39.7 Å². The van der Waals surface area contributed by atoms with E-state index >= 15 is 0 Å². The minimum absolute atomic E-state index is 0.0630. The van der Waals surface area contributed by atoms with Crippen LogP contribution in [0.15, 0.2) is 36.5 Å². The van der Waals surface area contributed by atoms with Crippen LogP contribution >= 0.6 is 11.8 Å². The summed E-state index contributed by atoms with van der Waals surface area (Å²) < 4.78 is 0. The van der Waals surface area contributed by atoms with Crippen LogP contribution in [0.4, 0.5) is 11.4 Å². The Hall–Kier alpha value is -2.47. The van der Waals surface area contributed by atoms with E-state index in [9.17, 15) is 4.79 Å². The summed E-state index contributed by atoms with van der Waals surface area (Å²) in [5.74, 6) is 0.204. The van der Waals surface area contributed by atoms with Gasteiger partial charge in [0.05, 0.1) is 5.35 Å². The van der Waals surface area contributed by atoms with Gasteiger partial charge in [0, 0.05) is 55.4 Å². The van der Waals surface area contributed by atoms with Gasteiger partial charge in [0.15, 0.2) is 0 Å². The van der Waals surface area contributed by atoms with Crippen LogP contribution in [0.1, 0.15) is 18.4 Å². The molecule has 1 aliphatic heterocycles. The molecular formula is C23H32N4OS. The van der Waals surface area contributed by atoms with Gasteiger partial charge in [0.2, 0.25) is 5.91 Å². The number of hydrogen-bond donors (Lipinski definition) is 2. The van der Waals surface area contributed by atoms with Gasteiger partial charge in [0.1, 0.15) is 0 Å². The first-order valence-corrected chi connectivity index (χ1v) is 11.5. The van der Waals surface area contributed by atoms with Crippen LogP contribution in [0.2, 0.25) is 0 Å². The third kappa shape index (κ3) is 6.53. The number of carbonyl (C=O) groups is 1. The van der Waals surface area contributed by atoms with E-state index < -0.39 is 0 Å². The molecule has 1 fully saturated rings. The molecule has 156 valence electrons. The topological polar surface area (TPSA) is 57.3 Å². The first-order valence-electron chi connectivity index (χ1n) is 9.82. The van der Waals surface area contributed by atoms with Crippen molar-refractivity contribution in [1.82, 2.24) is 10.3 Å². The summed E-state index contributed by atoms with van der Waals surface area (Å²) in [5, 5.41) is 7.78. The second-order valence-corrected chi connectivity index (χ2v) is 7.91. The van der Waals surface area contributed by atoms with E-state index in [-0.39, 0.29) is 11.8 Å². The van der Waals surface area contributed by atoms with Crippen molar-refractivity contribution in [3.05, 3.63) is 52.7 Å². The highest BCUT2D eigenvalue weighted by molar-refractivity contribution is 7.97. The molecule has 0 bridgehead atoms. The van der Waals surface area contributed by atoms with Crippen molar-refractivity contribution in [2.45, 2.75) is 19.4 Å². The molecule has 2 N–H and O–H groups in total. The number of hydrogen-bond acceptors (Lipinski definition) is 5. The number of carbonyl (C=O) groups excluding carboxylic acids is 1. The third-order valence-corrected chi connectivity index (χ3v) is 5.01. The predicted octanol–water partition coefficient (Wildman–Crippen LogP) is 2.46. The first kappa shape index (κ1) is 22.8. The monoisotopic (exact) mass is 412 g/mol. The average Bonchev–Trinajstić information content (AvgIpc) is 2.75. The Morgan fingerprint density at radius 1 is 1.24 bits per heavy atom. The zero-order valence-corrected chi connectivity index (χ0v) is 18.5. The Bertz CT molecular complexity index is 894. The quantitative estimate of drug-likeness (QED) is 0.790. The lowest BCUT2D eigenvalue weighted by atomic mass is 9.95. The molecular weight excluding hydrogens is 380 g/mol. The third-order valence-electron chi connectivity index (χ3n) is 5.01. The van der Waals surface area contributed by atoms with Gasteiger partial charge in [-0.1, -0.05) is 25.3 Å². The summed E-state index contributed by atoms with van der Waals surface area (Å²) in [6.07, 6.45) is 7.54. The van der Waals surface area contributed by atoms with Crippen LogP contribution < -0.4 is 26.1 Å². The Balaban J connectivity index is 0.000000941. The largest absolute Gasteiger partial charge is 0.388 e. The molecule has 5 nitrogen and oxygen atoms in total. The van der Waals surface area contributed by atoms with Crippen molar-refractivity contribution in [2.75, 3.05) is 42.9 Å². The van der Waals surface area contributed by atoms with Gasteiger partial charge in [-0.25, -0.2) is 0 Å². The highest BCUT2D eigenvalue weighted by Gasteiger charge is 2.25. The fraction of sp³-hybridized carbons (Fsp3) is 0.391. The van der Waals surface area contributed by atoms with E-state index in [4.69, 9.17) is 0 Å². The Morgan fingerprint density at radius 2 is 1.93 bits per heavy atom. The van der Waals surface area contributed by atoms with Crippen molar-refractivity contribution in [3.8, 4) is 0 Å². The van der Waals surface area contributed by atoms with Crippen molar-refractivity contribution in [2.24, 2.45) is 5.92 Å². The number of rotatable bonds is 5. The molecule has 0 spiro atoms. The smallest absolute Gasteiger partial charge is 0.223 e. The number of benzene rings is 1. The minimum atomic E-state index is 0.0630. The molecule has 1 aromatic carbocycles. The number of nitrogens with one attached hydrogen (secondary N) is 2. The van der Waals surface area contributed by atoms with E-state index in [1.807, 2.05) is 43.8 Å². The maximum Gasteiger partial charge on any atom is 0.223 e. The zero-order chi connectivity index (χ0) is 21.2. The lowest BCUT2D eigenvalue weighted by molar-refractivity contribution is -0.125. The van der Waals surface area contributed by atoms with Crippen molar-refractivity contribution < 1.29 is 4.79 Å². The lowest BCUT2D eigenvalue weighted by Gasteiger charge is -2.33. The summed E-state index contributed by atoms with van der Waals surface area (Å²) in [6, 6.07) is 10.1. The summed E-state index contributed by atoms with van der Waals surface area (Å²) in [4.78, 5) is 19.0. The molecule has 29 heavy (non-hydrogen) atoms. The van der Waals surface area contributed by atoms with E-state index in [1.165, 1.54) is 0 Å². The molecule has 0 unspecified atom stereocenters. The van der Waals surface area contributed by atoms with Gasteiger partial charge in [-0.2, -0.15) is 11.8 Å². The summed E-state index contributed by atoms with van der Waals surface area (Å²) in [6.45, 7) is 10.2. The maximum atomic E-state index is 12.5. The van der Waals surface area contributed by atoms with Crippen LogP contribution in [-0.4, -0.2) is 43.5 Å². The van der Waals surface area contributed by atoms with Gasteiger partial charge < -0.3 is 15.5 Å². The molecule has 0 saturated carbocycles. The number of pyridine rings is 1. The van der Waals surface area contributed by atoms with Gasteiger partial charge in [-0.15, -0.1) is 0 Å². The molecule has 3 rings (SSSR count). The van der Waals surface area contributed by atoms with Gasteiger partial charge in [-0.05, 0) is 49.1 Å². The Kier molecular flexibility index (Phi) is 9.06. The lowest BCUT2D eigenvalue weighted by Crippen LogP contribution is -2.43. The molecule has 1 aromatic heterocycles. The number of nitrogens with zero attached hydrogens (tertiary/aromatic N) is 2. The molecule has 0 aliphatic carbocycles. The van der Waals surface area contributed by atoms with Crippen LogP contribution in [0.25, 0.3) is 13.2 Å². The summed E-state index contributed by atoms with van der Waals surface area (Å²) in [7, 11) is 1.89. The minimum Gasteiger partial charge on any atom is -0.388 e. The second kappa shape index (κ2) is 11.5. The molecule has 1 aliphatic rings. The molecule has 1 amide bonds. The number of thioether (sulfide) groups is 1. The summed E-state index contributed by atoms with van der Waals surface area (Å²) in [5.41, 5.74) is 3.23. The van der Waals surface area contributed by atoms with Gasteiger partial charge >= 0.3 is 0 Å². The maximum absolute atomic E-state index is 12.5. The number of anilines is 2. The molecule has 2 heterocycles. The van der Waals surface area contributed by atoms with E-state index in [0.717, 1.165) is 48.1 Å². The molecule has 0 radical (unpaired) electrons. The predicted molar refractivity (Wildman–Crippen MR) is 127 cm³/mol. The van der Waals surface area contributed by atoms with Crippen LogP contribution in [0, 0.1) is 5.92 Å². The molecule has 2 aromatic rings. The average molecular weight is 413 g/mol. The van der Waals surface area contributed by atoms with Crippen LogP contribution in [0.3, 0.4) is 0 Å². The number of amides is 1. The Morgan fingerprint density at radius 3 is 2.59 bits per heavy atom. The normalized spacial score (nSPS) is 14.0. The van der Waals surface area contributed by atoms with Crippen molar-refractivity contribution in [1.29, 1.82) is 0 Å². The van der Waals surface area contributed by atoms with Crippen molar-refractivity contribution >= 4 is 42.2 Å². The Labute approximate surface area is 178 Å². The number of piperidine rings is 1. The number of aromatic nitrogens is 1. The molecule has 6 heteroatoms. The fourth-order valence-electron chi connectivity index (χ4n) is 3.37. The van der Waals surface area contributed by atoms with Gasteiger partial charge in [0.25, 0.3) is 0 Å². The van der Waals surface area contributed by atoms with Crippen LogP contribution in [0.5, 0.6) is 0 Å². The zero-order valence-electron chi connectivity index (χ0n) is 17.7. The van der Waals surface area contributed by atoms with Crippen molar-refractivity contribution in [3.63, 3.8) is 0 Å². The SMILES string of the molecule is C=c1nccc(N2CCC(C(=O)NCc3cccc(NC)c3)CC2)c1=C.CSC.